The van der Waals surface area contributed by atoms with E-state index < -0.39 is 15.9 Å². The number of carbonyl (C=O) groups is 1. The lowest BCUT2D eigenvalue weighted by Crippen LogP contribution is -2.43. The summed E-state index contributed by atoms with van der Waals surface area (Å²) in [4.78, 5) is 12.8. The van der Waals surface area contributed by atoms with Gasteiger partial charge in [-0.1, -0.05) is 16.7 Å². The summed E-state index contributed by atoms with van der Waals surface area (Å²) in [6.45, 7) is 0.414. The smallest absolute Gasteiger partial charge is 0.322 e. The molecule has 3 heterocycles. The maximum atomic E-state index is 12.9. The molecule has 0 bridgehead atoms. The Morgan fingerprint density at radius 2 is 2.00 bits per heavy atom. The predicted molar refractivity (Wildman–Crippen MR) is 108 cm³/mol. The highest BCUT2D eigenvalue weighted by atomic mass is 35.5. The van der Waals surface area contributed by atoms with Crippen molar-refractivity contribution in [1.82, 2.24) is 24.3 Å². The first-order valence-electron chi connectivity index (χ1n) is 9.23. The molecular formula is C18H19ClN6O4S. The van der Waals surface area contributed by atoms with Crippen LogP contribution in [0.3, 0.4) is 0 Å². The SMILES string of the molecule is Cn1ccc(-c2nnc(NC(=O)C3CCCN(S(=O)(=O)c4ccc(Cl)cc4)C3)o2)n1. The van der Waals surface area contributed by atoms with Gasteiger partial charge in [-0.05, 0) is 43.2 Å². The van der Waals surface area contributed by atoms with Crippen molar-refractivity contribution in [1.29, 1.82) is 0 Å². The number of piperidine rings is 1. The van der Waals surface area contributed by atoms with Crippen molar-refractivity contribution in [3.05, 3.63) is 41.6 Å². The molecule has 1 aliphatic rings. The fraction of sp³-hybridized carbons (Fsp3) is 0.333. The highest BCUT2D eigenvalue weighted by Crippen LogP contribution is 2.26. The third-order valence-electron chi connectivity index (χ3n) is 4.79. The maximum absolute atomic E-state index is 12.9. The van der Waals surface area contributed by atoms with E-state index in [1.165, 1.54) is 28.6 Å². The highest BCUT2D eigenvalue weighted by Gasteiger charge is 2.33. The Kier molecular flexibility index (Phi) is 5.58. The van der Waals surface area contributed by atoms with Crippen molar-refractivity contribution >= 4 is 33.5 Å². The van der Waals surface area contributed by atoms with Crippen LogP contribution in [0.2, 0.25) is 5.02 Å². The fourth-order valence-corrected chi connectivity index (χ4v) is 4.89. The lowest BCUT2D eigenvalue weighted by atomic mass is 9.99. The Bertz CT molecular complexity index is 1160. The van der Waals surface area contributed by atoms with Crippen LogP contribution in [0, 0.1) is 5.92 Å². The van der Waals surface area contributed by atoms with Gasteiger partial charge in [0.05, 0.1) is 10.8 Å². The number of halogens is 1. The van der Waals surface area contributed by atoms with E-state index in [0.29, 0.717) is 30.1 Å². The Morgan fingerprint density at radius 1 is 1.23 bits per heavy atom. The molecule has 1 fully saturated rings. The number of aryl methyl sites for hydroxylation is 1. The van der Waals surface area contributed by atoms with Gasteiger partial charge in [0.15, 0.2) is 0 Å². The number of hydrogen-bond donors (Lipinski definition) is 1. The van der Waals surface area contributed by atoms with Crippen molar-refractivity contribution in [2.24, 2.45) is 13.0 Å². The summed E-state index contributed by atoms with van der Waals surface area (Å²) >= 11 is 5.84. The number of anilines is 1. The Morgan fingerprint density at radius 3 is 2.70 bits per heavy atom. The second-order valence-electron chi connectivity index (χ2n) is 6.93. The molecule has 2 aromatic heterocycles. The number of amides is 1. The zero-order valence-electron chi connectivity index (χ0n) is 16.0. The summed E-state index contributed by atoms with van der Waals surface area (Å²) in [5.41, 5.74) is 0.489. The molecule has 4 rings (SSSR count). The lowest BCUT2D eigenvalue weighted by Gasteiger charge is -2.30. The molecule has 158 valence electrons. The largest absolute Gasteiger partial charge is 0.401 e. The van der Waals surface area contributed by atoms with Crippen LogP contribution in [0.15, 0.2) is 45.8 Å². The molecule has 10 nitrogen and oxygen atoms in total. The molecule has 1 atom stereocenters. The third-order valence-corrected chi connectivity index (χ3v) is 6.93. The summed E-state index contributed by atoms with van der Waals surface area (Å²) in [6.07, 6.45) is 2.85. The topological polar surface area (TPSA) is 123 Å². The molecule has 1 aliphatic heterocycles. The number of hydrogen-bond acceptors (Lipinski definition) is 7. The molecule has 0 saturated carbocycles. The van der Waals surface area contributed by atoms with Gasteiger partial charge in [0.2, 0.25) is 15.9 Å². The van der Waals surface area contributed by atoms with Crippen molar-refractivity contribution in [3.8, 4) is 11.6 Å². The van der Waals surface area contributed by atoms with Gasteiger partial charge in [-0.3, -0.25) is 14.8 Å². The molecule has 0 aliphatic carbocycles. The van der Waals surface area contributed by atoms with E-state index in [1.807, 2.05) is 0 Å². The lowest BCUT2D eigenvalue weighted by molar-refractivity contribution is -0.121. The minimum Gasteiger partial charge on any atom is -0.401 e. The number of benzene rings is 1. The minimum atomic E-state index is -3.71. The first-order chi connectivity index (χ1) is 14.3. The van der Waals surface area contributed by atoms with Gasteiger partial charge in [-0.15, -0.1) is 5.10 Å². The summed E-state index contributed by atoms with van der Waals surface area (Å²) in [7, 11) is -1.96. The van der Waals surface area contributed by atoms with Crippen LogP contribution >= 0.6 is 11.6 Å². The van der Waals surface area contributed by atoms with E-state index in [2.05, 4.69) is 20.6 Å². The van der Waals surface area contributed by atoms with E-state index in [0.717, 1.165) is 0 Å². The van der Waals surface area contributed by atoms with Crippen molar-refractivity contribution < 1.29 is 17.6 Å². The molecule has 30 heavy (non-hydrogen) atoms. The average molecular weight is 451 g/mol. The Balaban J connectivity index is 1.44. The standard InChI is InChI=1S/C18H19ClN6O4S/c1-24-10-8-15(23-24)17-21-22-18(29-17)20-16(26)12-3-2-9-25(11-12)30(27,28)14-6-4-13(19)5-7-14/h4-8,10,12H,2-3,9,11H2,1H3,(H,20,22,26). The molecular weight excluding hydrogens is 432 g/mol. The fourth-order valence-electron chi connectivity index (χ4n) is 3.24. The second-order valence-corrected chi connectivity index (χ2v) is 9.31. The van der Waals surface area contributed by atoms with Gasteiger partial charge in [-0.25, -0.2) is 8.42 Å². The van der Waals surface area contributed by atoms with E-state index in [9.17, 15) is 13.2 Å². The van der Waals surface area contributed by atoms with E-state index in [-0.39, 0.29) is 29.3 Å². The third kappa shape index (κ3) is 4.23. The van der Waals surface area contributed by atoms with Crippen LogP contribution in [0.1, 0.15) is 12.8 Å². The Labute approximate surface area is 177 Å². The van der Waals surface area contributed by atoms with Crippen LogP contribution in [-0.2, 0) is 21.9 Å². The maximum Gasteiger partial charge on any atom is 0.322 e. The van der Waals surface area contributed by atoms with Gasteiger partial charge in [0.1, 0.15) is 5.69 Å². The monoisotopic (exact) mass is 450 g/mol. The Hall–Kier alpha value is -2.76. The van der Waals surface area contributed by atoms with Crippen molar-refractivity contribution in [2.45, 2.75) is 17.7 Å². The van der Waals surface area contributed by atoms with Crippen LogP contribution in [0.5, 0.6) is 0 Å². The van der Waals surface area contributed by atoms with E-state index in [1.54, 1.807) is 24.0 Å². The van der Waals surface area contributed by atoms with Crippen LogP contribution < -0.4 is 5.32 Å². The summed E-state index contributed by atoms with van der Waals surface area (Å²) in [5, 5.41) is 14.9. The van der Waals surface area contributed by atoms with Crippen LogP contribution in [-0.4, -0.2) is 51.7 Å². The average Bonchev–Trinajstić information content (AvgIpc) is 3.37. The van der Waals surface area contributed by atoms with Crippen molar-refractivity contribution in [2.75, 3.05) is 18.4 Å². The van der Waals surface area contributed by atoms with Crippen molar-refractivity contribution in [3.63, 3.8) is 0 Å². The molecule has 0 radical (unpaired) electrons. The number of sulfonamides is 1. The minimum absolute atomic E-state index is 0.0571. The van der Waals surface area contributed by atoms with Gasteiger partial charge < -0.3 is 4.42 Å². The first-order valence-corrected chi connectivity index (χ1v) is 11.0. The van der Waals surface area contributed by atoms with Gasteiger partial charge in [-0.2, -0.15) is 9.40 Å². The molecule has 0 spiro atoms. The first kappa shape index (κ1) is 20.5. The molecule has 1 aromatic carbocycles. The van der Waals surface area contributed by atoms with Gasteiger partial charge in [0, 0.05) is 31.4 Å². The van der Waals surface area contributed by atoms with E-state index >= 15 is 0 Å². The summed E-state index contributed by atoms with van der Waals surface area (Å²) < 4.78 is 34.1. The quantitative estimate of drug-likeness (QED) is 0.631. The normalized spacial score (nSPS) is 17.7. The highest BCUT2D eigenvalue weighted by molar-refractivity contribution is 7.89. The number of aromatic nitrogens is 4. The number of carbonyl (C=O) groups excluding carboxylic acids is 1. The molecule has 12 heteroatoms. The summed E-state index contributed by atoms with van der Waals surface area (Å²) in [6, 6.07) is 7.62. The van der Waals surface area contributed by atoms with E-state index in [4.69, 9.17) is 16.0 Å². The molecule has 1 unspecified atom stereocenters. The number of nitrogens with zero attached hydrogens (tertiary/aromatic N) is 5. The van der Waals surface area contributed by atoms with Gasteiger partial charge >= 0.3 is 6.01 Å². The van der Waals surface area contributed by atoms with Crippen LogP contribution in [0.4, 0.5) is 6.01 Å². The molecule has 1 saturated heterocycles. The summed E-state index contributed by atoms with van der Waals surface area (Å²) in [5.74, 6) is -0.727. The number of rotatable bonds is 5. The molecule has 3 aromatic rings. The van der Waals surface area contributed by atoms with Gasteiger partial charge in [0.25, 0.3) is 5.89 Å². The van der Waals surface area contributed by atoms with Crippen LogP contribution in [0.25, 0.3) is 11.6 Å². The zero-order chi connectivity index (χ0) is 21.3. The molecule has 1 N–H and O–H groups in total. The number of nitrogens with one attached hydrogen (secondary N) is 1. The predicted octanol–water partition coefficient (Wildman–Crippen LogP) is 2.16. The zero-order valence-corrected chi connectivity index (χ0v) is 17.6. The second kappa shape index (κ2) is 8.17. The molecule has 1 amide bonds.